The van der Waals surface area contributed by atoms with E-state index in [0.29, 0.717) is 37.2 Å². The number of rotatable bonds is 6. The first-order valence-electron chi connectivity index (χ1n) is 9.36. The van der Waals surface area contributed by atoms with Gasteiger partial charge in [-0.3, -0.25) is 4.79 Å². The maximum atomic E-state index is 12.9. The average molecular weight is 419 g/mol. The number of aromatic nitrogens is 1. The number of carbonyl (C=O) groups excluding carboxylic acids is 1. The van der Waals surface area contributed by atoms with Crippen molar-refractivity contribution < 1.29 is 13.2 Å². The van der Waals surface area contributed by atoms with Gasteiger partial charge in [-0.25, -0.2) is 8.42 Å². The smallest absolute Gasteiger partial charge is 0.268 e. The van der Waals surface area contributed by atoms with Gasteiger partial charge in [-0.1, -0.05) is 6.92 Å². The average Bonchev–Trinajstić information content (AvgIpc) is 3.37. The van der Waals surface area contributed by atoms with Crippen molar-refractivity contribution in [2.45, 2.75) is 50.0 Å². The van der Waals surface area contributed by atoms with E-state index in [1.165, 1.54) is 16.6 Å². The summed E-state index contributed by atoms with van der Waals surface area (Å²) in [4.78, 5) is 12.9. The molecule has 27 heavy (non-hydrogen) atoms. The summed E-state index contributed by atoms with van der Waals surface area (Å²) in [6.45, 7) is 5.46. The molecule has 1 amide bonds. The summed E-state index contributed by atoms with van der Waals surface area (Å²) < 4.78 is 29.0. The van der Waals surface area contributed by atoms with Crippen LogP contribution < -0.4 is 11.1 Å². The lowest BCUT2D eigenvalue weighted by Gasteiger charge is -2.29. The molecule has 1 aliphatic carbocycles. The molecule has 9 heteroatoms. The van der Waals surface area contributed by atoms with Crippen LogP contribution in [0.5, 0.6) is 0 Å². The van der Waals surface area contributed by atoms with Crippen LogP contribution in [0, 0.1) is 11.8 Å². The second kappa shape index (κ2) is 8.11. The number of nitrogens with two attached hydrogens (primary N) is 1. The van der Waals surface area contributed by atoms with Gasteiger partial charge in [0.25, 0.3) is 5.91 Å². The summed E-state index contributed by atoms with van der Waals surface area (Å²) in [5.41, 5.74) is 5.77. The summed E-state index contributed by atoms with van der Waals surface area (Å²) in [6.07, 6.45) is 5.58. The maximum absolute atomic E-state index is 12.9. The molecule has 2 aliphatic rings. The lowest BCUT2D eigenvalue weighted by molar-refractivity contribution is 0.0889. The molecule has 2 atom stereocenters. The number of sulfonamides is 1. The van der Waals surface area contributed by atoms with Crippen LogP contribution in [0.2, 0.25) is 0 Å². The van der Waals surface area contributed by atoms with E-state index in [-0.39, 0.29) is 23.2 Å². The van der Waals surface area contributed by atoms with Crippen LogP contribution in [-0.4, -0.2) is 48.4 Å². The summed E-state index contributed by atoms with van der Waals surface area (Å²) in [7, 11) is -1.88. The standard InChI is InChI=1S/C18H30N4O3S.ClH/c1-13-5-4-8-22(10-13)26(24,25)15-9-16(21(3)11-15)17(23)20-18(2,12-19)14-6-7-14;/h9,11,13-14H,4-8,10,12,19H2,1-3H3,(H,20,23);1H. The summed E-state index contributed by atoms with van der Waals surface area (Å²) in [6, 6.07) is 1.48. The highest BCUT2D eigenvalue weighted by molar-refractivity contribution is 7.89. The molecule has 7 nitrogen and oxygen atoms in total. The summed E-state index contributed by atoms with van der Waals surface area (Å²) >= 11 is 0. The van der Waals surface area contributed by atoms with E-state index < -0.39 is 15.6 Å². The minimum absolute atomic E-state index is 0. The highest BCUT2D eigenvalue weighted by atomic mass is 35.5. The zero-order valence-corrected chi connectivity index (χ0v) is 17.9. The zero-order valence-electron chi connectivity index (χ0n) is 16.3. The van der Waals surface area contributed by atoms with Crippen LogP contribution in [0.4, 0.5) is 0 Å². The fraction of sp³-hybridized carbons (Fsp3) is 0.722. The van der Waals surface area contributed by atoms with E-state index in [9.17, 15) is 13.2 Å². The second-order valence-electron chi connectivity index (χ2n) is 8.13. The Balaban J connectivity index is 0.00000261. The largest absolute Gasteiger partial charge is 0.345 e. The van der Waals surface area contributed by atoms with Gasteiger partial charge in [0, 0.05) is 32.9 Å². The number of nitrogens with zero attached hydrogens (tertiary/aromatic N) is 2. The van der Waals surface area contributed by atoms with Crippen molar-refractivity contribution in [3.63, 3.8) is 0 Å². The molecule has 1 saturated carbocycles. The Bertz CT molecular complexity index is 791. The highest BCUT2D eigenvalue weighted by Crippen LogP contribution is 2.39. The monoisotopic (exact) mass is 418 g/mol. The lowest BCUT2D eigenvalue weighted by Crippen LogP contribution is -2.53. The molecule has 1 aromatic rings. The Morgan fingerprint density at radius 3 is 2.59 bits per heavy atom. The Kier molecular flexibility index (Phi) is 6.67. The van der Waals surface area contributed by atoms with Gasteiger partial charge in [-0.2, -0.15) is 4.31 Å². The molecule has 1 saturated heterocycles. The number of piperidine rings is 1. The number of hydrogen-bond acceptors (Lipinski definition) is 4. The molecule has 0 bridgehead atoms. The van der Waals surface area contributed by atoms with Crippen molar-refractivity contribution in [3.05, 3.63) is 18.0 Å². The van der Waals surface area contributed by atoms with E-state index in [0.717, 1.165) is 25.7 Å². The molecule has 2 unspecified atom stereocenters. The lowest BCUT2D eigenvalue weighted by atomic mass is 9.96. The predicted octanol–water partition coefficient (Wildman–Crippen LogP) is 1.72. The molecule has 2 fully saturated rings. The van der Waals surface area contributed by atoms with Crippen LogP contribution in [0.15, 0.2) is 17.2 Å². The zero-order chi connectivity index (χ0) is 19.1. The maximum Gasteiger partial charge on any atom is 0.268 e. The van der Waals surface area contributed by atoms with Gasteiger partial charge in [-0.05, 0) is 50.5 Å². The number of aryl methyl sites for hydroxylation is 1. The van der Waals surface area contributed by atoms with Crippen molar-refractivity contribution in [2.24, 2.45) is 24.6 Å². The molecule has 1 aromatic heterocycles. The van der Waals surface area contributed by atoms with Crippen molar-refractivity contribution in [1.29, 1.82) is 0 Å². The number of amides is 1. The SMILES string of the molecule is CC1CCCN(S(=O)(=O)c2cc(C(=O)NC(C)(CN)C3CC3)n(C)c2)C1.Cl. The third-order valence-electron chi connectivity index (χ3n) is 5.77. The first-order chi connectivity index (χ1) is 12.2. The summed E-state index contributed by atoms with van der Waals surface area (Å²) in [5.74, 6) is 0.476. The van der Waals surface area contributed by atoms with E-state index in [1.807, 2.05) is 6.92 Å². The Morgan fingerprint density at radius 1 is 1.37 bits per heavy atom. The fourth-order valence-electron chi connectivity index (χ4n) is 3.78. The van der Waals surface area contributed by atoms with Crippen LogP contribution in [-0.2, 0) is 17.1 Å². The number of carbonyl (C=O) groups is 1. The van der Waals surface area contributed by atoms with Crippen molar-refractivity contribution in [3.8, 4) is 0 Å². The molecule has 3 N–H and O–H groups in total. The first kappa shape index (κ1) is 22.2. The van der Waals surface area contributed by atoms with Crippen molar-refractivity contribution >= 4 is 28.3 Å². The van der Waals surface area contributed by atoms with Gasteiger partial charge < -0.3 is 15.6 Å². The van der Waals surface area contributed by atoms with Gasteiger partial charge in [0.05, 0.1) is 5.54 Å². The van der Waals surface area contributed by atoms with E-state index in [2.05, 4.69) is 12.2 Å². The first-order valence-corrected chi connectivity index (χ1v) is 10.8. The minimum atomic E-state index is -3.58. The Labute approximate surface area is 168 Å². The van der Waals surface area contributed by atoms with Gasteiger partial charge in [0.1, 0.15) is 10.6 Å². The van der Waals surface area contributed by atoms with E-state index in [4.69, 9.17) is 5.73 Å². The van der Waals surface area contributed by atoms with Crippen molar-refractivity contribution in [1.82, 2.24) is 14.2 Å². The highest BCUT2D eigenvalue weighted by Gasteiger charge is 2.42. The quantitative estimate of drug-likeness (QED) is 0.734. The molecule has 2 heterocycles. The third kappa shape index (κ3) is 4.50. The van der Waals surface area contributed by atoms with Crippen LogP contribution in [0.3, 0.4) is 0 Å². The second-order valence-corrected chi connectivity index (χ2v) is 10.1. The van der Waals surface area contributed by atoms with Gasteiger partial charge >= 0.3 is 0 Å². The van der Waals surface area contributed by atoms with Crippen LogP contribution in [0.25, 0.3) is 0 Å². The number of hydrogen-bond donors (Lipinski definition) is 2. The van der Waals surface area contributed by atoms with Gasteiger partial charge in [0.2, 0.25) is 10.0 Å². The fourth-order valence-corrected chi connectivity index (χ4v) is 5.45. The molecule has 3 rings (SSSR count). The molecular formula is C18H31ClN4O3S. The molecule has 0 radical (unpaired) electrons. The van der Waals surface area contributed by atoms with Crippen LogP contribution >= 0.6 is 12.4 Å². The van der Waals surface area contributed by atoms with Gasteiger partial charge in [-0.15, -0.1) is 12.4 Å². The Hall–Kier alpha value is -1.09. The predicted molar refractivity (Wildman–Crippen MR) is 107 cm³/mol. The van der Waals surface area contributed by atoms with E-state index >= 15 is 0 Å². The third-order valence-corrected chi connectivity index (χ3v) is 7.60. The molecule has 0 aromatic carbocycles. The molecule has 154 valence electrons. The number of nitrogens with one attached hydrogen (secondary N) is 1. The van der Waals surface area contributed by atoms with Crippen LogP contribution in [0.1, 0.15) is 50.0 Å². The Morgan fingerprint density at radius 2 is 2.04 bits per heavy atom. The summed E-state index contributed by atoms with van der Waals surface area (Å²) in [5, 5.41) is 3.02. The number of halogens is 1. The van der Waals surface area contributed by atoms with E-state index in [1.54, 1.807) is 11.6 Å². The molecule has 0 spiro atoms. The van der Waals surface area contributed by atoms with Crippen molar-refractivity contribution in [2.75, 3.05) is 19.6 Å². The molecule has 1 aliphatic heterocycles. The topological polar surface area (TPSA) is 97.4 Å². The molecular weight excluding hydrogens is 388 g/mol. The normalized spacial score (nSPS) is 23.3. The minimum Gasteiger partial charge on any atom is -0.345 e. The van der Waals surface area contributed by atoms with Gasteiger partial charge in [0.15, 0.2) is 0 Å².